The van der Waals surface area contributed by atoms with Crippen molar-refractivity contribution in [2.75, 3.05) is 26.2 Å². The summed E-state index contributed by atoms with van der Waals surface area (Å²) in [5, 5.41) is 0. The molecule has 2 aliphatic rings. The molecule has 2 fully saturated rings. The van der Waals surface area contributed by atoms with Crippen LogP contribution in [0, 0.1) is 11.8 Å². The maximum atomic E-state index is 13.1. The molecule has 0 aromatic carbocycles. The molecule has 27 heavy (non-hydrogen) atoms. The third-order valence-electron chi connectivity index (χ3n) is 5.32. The van der Waals surface area contributed by atoms with Crippen molar-refractivity contribution in [1.29, 1.82) is 0 Å². The molecule has 2 aliphatic heterocycles. The highest BCUT2D eigenvalue weighted by Gasteiger charge is 2.32. The Balaban J connectivity index is 1.95. The van der Waals surface area contributed by atoms with E-state index in [0.29, 0.717) is 44.9 Å². The van der Waals surface area contributed by atoms with E-state index >= 15 is 0 Å². The lowest BCUT2D eigenvalue weighted by Crippen LogP contribution is -2.50. The highest BCUT2D eigenvalue weighted by atomic mass is 16.5. The maximum absolute atomic E-state index is 13.1. The van der Waals surface area contributed by atoms with Gasteiger partial charge in [0, 0.05) is 38.5 Å². The van der Waals surface area contributed by atoms with Gasteiger partial charge in [-0.3, -0.25) is 9.59 Å². The zero-order valence-corrected chi connectivity index (χ0v) is 17.9. The van der Waals surface area contributed by atoms with Gasteiger partial charge in [-0.05, 0) is 46.5 Å². The molecular weight excluding hydrogens is 344 g/mol. The minimum Gasteiger partial charge on any atom is -0.372 e. The summed E-state index contributed by atoms with van der Waals surface area (Å²) in [6, 6.07) is 0. The van der Waals surface area contributed by atoms with Gasteiger partial charge in [0.05, 0.1) is 24.4 Å². The fraction of sp³-hybridized carbons (Fsp3) is 0.905. The molecule has 2 rings (SSSR count). The number of amides is 2. The predicted octanol–water partition coefficient (Wildman–Crippen LogP) is 2.70. The number of rotatable bonds is 6. The molecule has 0 spiro atoms. The van der Waals surface area contributed by atoms with Crippen LogP contribution >= 0.6 is 0 Å². The van der Waals surface area contributed by atoms with Crippen molar-refractivity contribution in [2.45, 2.75) is 85.2 Å². The van der Waals surface area contributed by atoms with E-state index in [1.807, 2.05) is 37.5 Å². The summed E-state index contributed by atoms with van der Waals surface area (Å²) in [6.45, 7) is 14.9. The van der Waals surface area contributed by atoms with Crippen molar-refractivity contribution >= 4 is 11.8 Å². The van der Waals surface area contributed by atoms with Crippen LogP contribution in [0.1, 0.15) is 60.8 Å². The highest BCUT2D eigenvalue weighted by molar-refractivity contribution is 5.81. The summed E-state index contributed by atoms with van der Waals surface area (Å²) >= 11 is 0. The fourth-order valence-electron chi connectivity index (χ4n) is 4.36. The monoisotopic (exact) mass is 382 g/mol. The van der Waals surface area contributed by atoms with E-state index in [0.717, 1.165) is 6.42 Å². The molecule has 0 unspecified atom stereocenters. The number of nitrogens with zero attached hydrogens (tertiary/aromatic N) is 2. The normalized spacial score (nSPS) is 30.5. The Hall–Kier alpha value is -1.14. The van der Waals surface area contributed by atoms with Gasteiger partial charge in [0.2, 0.25) is 11.8 Å². The number of hydrogen-bond donors (Lipinski definition) is 0. The van der Waals surface area contributed by atoms with Crippen LogP contribution in [0.2, 0.25) is 0 Å². The molecule has 156 valence electrons. The fourth-order valence-corrected chi connectivity index (χ4v) is 4.36. The van der Waals surface area contributed by atoms with Crippen molar-refractivity contribution in [2.24, 2.45) is 11.8 Å². The number of morpholine rings is 2. The van der Waals surface area contributed by atoms with E-state index in [1.54, 1.807) is 0 Å². The van der Waals surface area contributed by atoms with Crippen LogP contribution in [0.4, 0.5) is 0 Å². The highest BCUT2D eigenvalue weighted by Crippen LogP contribution is 2.23. The molecule has 0 aromatic heterocycles. The van der Waals surface area contributed by atoms with Gasteiger partial charge in [0.25, 0.3) is 0 Å². The Morgan fingerprint density at radius 1 is 0.852 bits per heavy atom. The lowest BCUT2D eigenvalue weighted by Gasteiger charge is -2.38. The predicted molar refractivity (Wildman–Crippen MR) is 105 cm³/mol. The van der Waals surface area contributed by atoms with Gasteiger partial charge < -0.3 is 19.3 Å². The second-order valence-corrected chi connectivity index (χ2v) is 8.92. The van der Waals surface area contributed by atoms with Gasteiger partial charge in [-0.15, -0.1) is 0 Å². The first-order valence-electron chi connectivity index (χ1n) is 10.5. The zero-order chi connectivity index (χ0) is 20.1. The Morgan fingerprint density at radius 3 is 1.74 bits per heavy atom. The summed E-state index contributed by atoms with van der Waals surface area (Å²) in [5.74, 6) is 0.653. The molecule has 0 N–H and O–H groups in total. The van der Waals surface area contributed by atoms with E-state index in [2.05, 4.69) is 13.8 Å². The number of carbonyl (C=O) groups is 2. The Labute approximate surface area is 164 Å². The van der Waals surface area contributed by atoms with Crippen molar-refractivity contribution in [1.82, 2.24) is 9.80 Å². The molecule has 0 bridgehead atoms. The summed E-state index contributed by atoms with van der Waals surface area (Å²) in [4.78, 5) is 29.7. The van der Waals surface area contributed by atoms with Gasteiger partial charge in [0.1, 0.15) is 0 Å². The third-order valence-corrected chi connectivity index (χ3v) is 5.32. The van der Waals surface area contributed by atoms with E-state index in [4.69, 9.17) is 9.47 Å². The second-order valence-electron chi connectivity index (χ2n) is 8.92. The molecule has 5 atom stereocenters. The summed E-state index contributed by atoms with van der Waals surface area (Å²) in [7, 11) is 0. The molecule has 0 aliphatic carbocycles. The largest absolute Gasteiger partial charge is 0.372 e. The molecule has 6 heteroatoms. The molecule has 0 radical (unpaired) electrons. The van der Waals surface area contributed by atoms with Gasteiger partial charge in [-0.1, -0.05) is 13.8 Å². The molecule has 2 heterocycles. The van der Waals surface area contributed by atoms with Crippen LogP contribution in [0.3, 0.4) is 0 Å². The molecule has 0 aromatic rings. The van der Waals surface area contributed by atoms with Crippen LogP contribution in [0.5, 0.6) is 0 Å². The van der Waals surface area contributed by atoms with E-state index in [1.165, 1.54) is 0 Å². The van der Waals surface area contributed by atoms with Crippen molar-refractivity contribution in [3.63, 3.8) is 0 Å². The average Bonchev–Trinajstić information content (AvgIpc) is 2.55. The van der Waals surface area contributed by atoms with Gasteiger partial charge in [-0.2, -0.15) is 0 Å². The number of ether oxygens (including phenoxy) is 2. The Bertz CT molecular complexity index is 490. The van der Waals surface area contributed by atoms with E-state index in [-0.39, 0.29) is 42.1 Å². The third kappa shape index (κ3) is 6.75. The first-order valence-corrected chi connectivity index (χ1v) is 10.5. The summed E-state index contributed by atoms with van der Waals surface area (Å²) in [6.07, 6.45) is 2.14. The first-order chi connectivity index (χ1) is 12.7. The average molecular weight is 383 g/mol. The van der Waals surface area contributed by atoms with Crippen LogP contribution in [0.15, 0.2) is 0 Å². The quantitative estimate of drug-likeness (QED) is 0.709. The van der Waals surface area contributed by atoms with Crippen LogP contribution < -0.4 is 0 Å². The van der Waals surface area contributed by atoms with E-state index in [9.17, 15) is 9.59 Å². The minimum atomic E-state index is -0.0951. The molecular formula is C21H38N2O4. The zero-order valence-electron chi connectivity index (χ0n) is 17.9. The summed E-state index contributed by atoms with van der Waals surface area (Å²) in [5.41, 5.74) is 0. The van der Waals surface area contributed by atoms with Gasteiger partial charge in [0.15, 0.2) is 0 Å². The molecule has 2 saturated heterocycles. The first kappa shape index (κ1) is 22.2. The maximum Gasteiger partial charge on any atom is 0.225 e. The molecule has 0 saturated carbocycles. The summed E-state index contributed by atoms with van der Waals surface area (Å²) < 4.78 is 11.5. The SMILES string of the molecule is CC(C)C[C@H](CCC(=O)N1C[C@@H](C)O[C@@H](C)C1)C(=O)N1C[C@@H](C)O[C@H](C)C1. The topological polar surface area (TPSA) is 59.1 Å². The van der Waals surface area contributed by atoms with Crippen LogP contribution in [0.25, 0.3) is 0 Å². The Morgan fingerprint density at radius 2 is 1.30 bits per heavy atom. The van der Waals surface area contributed by atoms with Crippen LogP contribution in [-0.2, 0) is 19.1 Å². The second kappa shape index (κ2) is 9.87. The van der Waals surface area contributed by atoms with E-state index < -0.39 is 0 Å². The molecule has 6 nitrogen and oxygen atoms in total. The van der Waals surface area contributed by atoms with Gasteiger partial charge in [-0.25, -0.2) is 0 Å². The lowest BCUT2D eigenvalue weighted by atomic mass is 9.91. The van der Waals surface area contributed by atoms with Crippen molar-refractivity contribution in [3.8, 4) is 0 Å². The van der Waals surface area contributed by atoms with Crippen molar-refractivity contribution < 1.29 is 19.1 Å². The standard InChI is InChI=1S/C21H38N2O4/c1-14(2)9-19(21(25)23-12-17(5)27-18(6)13-23)7-8-20(24)22-10-15(3)26-16(4)11-22/h14-19H,7-13H2,1-6H3/t15-,16+,17-,18-,19+/m1/s1. The van der Waals surface area contributed by atoms with Crippen LogP contribution in [-0.4, -0.2) is 72.2 Å². The molecule has 2 amide bonds. The smallest absolute Gasteiger partial charge is 0.225 e. The van der Waals surface area contributed by atoms with Crippen molar-refractivity contribution in [3.05, 3.63) is 0 Å². The van der Waals surface area contributed by atoms with Gasteiger partial charge >= 0.3 is 0 Å². The number of carbonyl (C=O) groups excluding carboxylic acids is 2. The minimum absolute atomic E-state index is 0.0651. The number of hydrogen-bond acceptors (Lipinski definition) is 4. The lowest BCUT2D eigenvalue weighted by molar-refractivity contribution is -0.149. The Kier molecular flexibility index (Phi) is 8.10.